The van der Waals surface area contributed by atoms with Crippen LogP contribution < -0.4 is 16.0 Å². The minimum atomic E-state index is -0.154. The second-order valence-electron chi connectivity index (χ2n) is 5.25. The van der Waals surface area contributed by atoms with Gasteiger partial charge in [-0.3, -0.25) is 9.59 Å². The number of carbonyl (C=O) groups is 2. The smallest absolute Gasteiger partial charge is 0.251 e. The number of likely N-dealkylation sites (N-methyl/N-ethyl adjacent to an activating group) is 1. The fourth-order valence-electron chi connectivity index (χ4n) is 2.30. The van der Waals surface area contributed by atoms with E-state index in [1.54, 1.807) is 24.3 Å². The number of rotatable bonds is 7. The molecule has 0 aromatic heterocycles. The first-order chi connectivity index (χ1) is 10.7. The predicted molar refractivity (Wildman–Crippen MR) is 84.9 cm³/mol. The minimum Gasteiger partial charge on any atom is -0.376 e. The van der Waals surface area contributed by atoms with E-state index in [-0.39, 0.29) is 24.5 Å². The van der Waals surface area contributed by atoms with E-state index in [0.29, 0.717) is 17.8 Å². The second-order valence-corrected chi connectivity index (χ2v) is 5.25. The van der Waals surface area contributed by atoms with Gasteiger partial charge in [0.2, 0.25) is 5.91 Å². The molecule has 1 saturated heterocycles. The molecule has 1 fully saturated rings. The summed E-state index contributed by atoms with van der Waals surface area (Å²) in [4.78, 5) is 23.8. The maximum Gasteiger partial charge on any atom is 0.251 e. The maximum atomic E-state index is 12.1. The Hall–Kier alpha value is -1.92. The molecule has 1 aromatic rings. The summed E-state index contributed by atoms with van der Waals surface area (Å²) < 4.78 is 5.47. The lowest BCUT2D eigenvalue weighted by Crippen LogP contribution is -2.32. The van der Waals surface area contributed by atoms with Crippen molar-refractivity contribution in [1.82, 2.24) is 10.6 Å². The van der Waals surface area contributed by atoms with E-state index in [0.717, 1.165) is 26.0 Å². The van der Waals surface area contributed by atoms with Crippen LogP contribution in [0.5, 0.6) is 0 Å². The van der Waals surface area contributed by atoms with Gasteiger partial charge in [-0.25, -0.2) is 0 Å². The average Bonchev–Trinajstić information content (AvgIpc) is 3.04. The lowest BCUT2D eigenvalue weighted by molar-refractivity contribution is -0.115. The zero-order valence-corrected chi connectivity index (χ0v) is 12.9. The Kier molecular flexibility index (Phi) is 6.36. The Morgan fingerprint density at radius 1 is 1.36 bits per heavy atom. The van der Waals surface area contributed by atoms with Crippen molar-refractivity contribution in [2.75, 3.05) is 31.6 Å². The summed E-state index contributed by atoms with van der Waals surface area (Å²) >= 11 is 0. The molecule has 1 unspecified atom stereocenters. The monoisotopic (exact) mass is 305 g/mol. The van der Waals surface area contributed by atoms with Crippen LogP contribution in [0.1, 0.15) is 30.1 Å². The first-order valence-corrected chi connectivity index (χ1v) is 7.69. The van der Waals surface area contributed by atoms with Gasteiger partial charge in [0.1, 0.15) is 0 Å². The molecule has 2 rings (SSSR count). The molecule has 0 aliphatic carbocycles. The van der Waals surface area contributed by atoms with Crippen LogP contribution >= 0.6 is 0 Å². The Morgan fingerprint density at radius 2 is 2.23 bits per heavy atom. The molecule has 3 N–H and O–H groups in total. The zero-order chi connectivity index (χ0) is 15.8. The zero-order valence-electron chi connectivity index (χ0n) is 12.9. The van der Waals surface area contributed by atoms with Crippen LogP contribution in [0.25, 0.3) is 0 Å². The van der Waals surface area contributed by atoms with Gasteiger partial charge in [0, 0.05) is 24.4 Å². The molecule has 1 aromatic carbocycles. The number of anilines is 1. The molecule has 1 aliphatic heterocycles. The Bertz CT molecular complexity index is 513. The lowest BCUT2D eigenvalue weighted by atomic mass is 10.1. The Morgan fingerprint density at radius 3 is 2.95 bits per heavy atom. The first-order valence-electron chi connectivity index (χ1n) is 7.69. The molecule has 1 heterocycles. The summed E-state index contributed by atoms with van der Waals surface area (Å²) in [6, 6.07) is 6.92. The standard InChI is InChI=1S/C16H23N3O3/c1-2-17-11-15(20)19-13-6-3-5-12(9-13)16(21)18-10-14-7-4-8-22-14/h3,5-6,9,14,17H,2,4,7-8,10-11H2,1H3,(H,18,21)(H,19,20). The molecule has 120 valence electrons. The van der Waals surface area contributed by atoms with Crippen LogP contribution in [0.4, 0.5) is 5.69 Å². The Balaban J connectivity index is 1.86. The van der Waals surface area contributed by atoms with Crippen LogP contribution in [0.3, 0.4) is 0 Å². The summed E-state index contributed by atoms with van der Waals surface area (Å²) in [5.74, 6) is -0.281. The minimum absolute atomic E-state index is 0.118. The number of benzene rings is 1. The van der Waals surface area contributed by atoms with Crippen molar-refractivity contribution in [2.45, 2.75) is 25.9 Å². The van der Waals surface area contributed by atoms with Gasteiger partial charge in [-0.15, -0.1) is 0 Å². The molecule has 0 bridgehead atoms. The molecule has 1 aliphatic rings. The van der Waals surface area contributed by atoms with Crippen molar-refractivity contribution >= 4 is 17.5 Å². The third-order valence-electron chi connectivity index (χ3n) is 3.46. The topological polar surface area (TPSA) is 79.5 Å². The lowest BCUT2D eigenvalue weighted by Gasteiger charge is -2.11. The third-order valence-corrected chi connectivity index (χ3v) is 3.46. The van der Waals surface area contributed by atoms with Gasteiger partial charge in [0.15, 0.2) is 0 Å². The first kappa shape index (κ1) is 16.5. The van der Waals surface area contributed by atoms with Crippen LogP contribution in [0.15, 0.2) is 24.3 Å². The van der Waals surface area contributed by atoms with E-state index in [1.807, 2.05) is 6.92 Å². The highest BCUT2D eigenvalue weighted by atomic mass is 16.5. The quantitative estimate of drug-likeness (QED) is 0.706. The molecular weight excluding hydrogens is 282 g/mol. The van der Waals surface area contributed by atoms with E-state index in [9.17, 15) is 9.59 Å². The third kappa shape index (κ3) is 5.13. The normalized spacial score (nSPS) is 17.2. The number of ether oxygens (including phenoxy) is 1. The summed E-state index contributed by atoms with van der Waals surface area (Å²) in [7, 11) is 0. The molecule has 2 amide bonds. The highest BCUT2D eigenvalue weighted by Gasteiger charge is 2.16. The van der Waals surface area contributed by atoms with E-state index in [2.05, 4.69) is 16.0 Å². The van der Waals surface area contributed by atoms with E-state index >= 15 is 0 Å². The second kappa shape index (κ2) is 8.51. The molecule has 22 heavy (non-hydrogen) atoms. The van der Waals surface area contributed by atoms with Gasteiger partial charge in [-0.05, 0) is 37.6 Å². The molecule has 6 heteroatoms. The predicted octanol–water partition coefficient (Wildman–Crippen LogP) is 1.14. The van der Waals surface area contributed by atoms with E-state index in [1.165, 1.54) is 0 Å². The van der Waals surface area contributed by atoms with Crippen LogP contribution in [0.2, 0.25) is 0 Å². The number of nitrogens with one attached hydrogen (secondary N) is 3. The van der Waals surface area contributed by atoms with Crippen LogP contribution in [-0.4, -0.2) is 44.2 Å². The summed E-state index contributed by atoms with van der Waals surface area (Å²) in [5, 5.41) is 8.58. The summed E-state index contributed by atoms with van der Waals surface area (Å²) in [6.07, 6.45) is 2.15. The van der Waals surface area contributed by atoms with Gasteiger partial charge in [-0.2, -0.15) is 0 Å². The van der Waals surface area contributed by atoms with Gasteiger partial charge in [-0.1, -0.05) is 13.0 Å². The molecular formula is C16H23N3O3. The van der Waals surface area contributed by atoms with Crippen molar-refractivity contribution in [3.05, 3.63) is 29.8 Å². The Labute approximate surface area is 130 Å². The molecule has 0 spiro atoms. The molecule has 1 atom stereocenters. The van der Waals surface area contributed by atoms with Gasteiger partial charge < -0.3 is 20.7 Å². The van der Waals surface area contributed by atoms with E-state index in [4.69, 9.17) is 4.74 Å². The number of hydrogen-bond donors (Lipinski definition) is 3. The average molecular weight is 305 g/mol. The summed E-state index contributed by atoms with van der Waals surface area (Å²) in [6.45, 7) is 4.22. The van der Waals surface area contributed by atoms with Gasteiger partial charge >= 0.3 is 0 Å². The summed E-state index contributed by atoms with van der Waals surface area (Å²) in [5.41, 5.74) is 1.15. The van der Waals surface area contributed by atoms with Crippen molar-refractivity contribution in [2.24, 2.45) is 0 Å². The largest absolute Gasteiger partial charge is 0.376 e. The highest BCUT2D eigenvalue weighted by Crippen LogP contribution is 2.12. The van der Waals surface area contributed by atoms with Crippen LogP contribution in [0, 0.1) is 0 Å². The molecule has 0 radical (unpaired) electrons. The van der Waals surface area contributed by atoms with Crippen molar-refractivity contribution in [3.8, 4) is 0 Å². The van der Waals surface area contributed by atoms with Crippen LogP contribution in [-0.2, 0) is 9.53 Å². The highest BCUT2D eigenvalue weighted by molar-refractivity contribution is 5.97. The fraction of sp³-hybridized carbons (Fsp3) is 0.500. The molecule has 6 nitrogen and oxygen atoms in total. The van der Waals surface area contributed by atoms with Crippen molar-refractivity contribution in [3.63, 3.8) is 0 Å². The number of amides is 2. The number of carbonyl (C=O) groups excluding carboxylic acids is 2. The van der Waals surface area contributed by atoms with Gasteiger partial charge in [0.25, 0.3) is 5.91 Å². The van der Waals surface area contributed by atoms with Gasteiger partial charge in [0.05, 0.1) is 12.6 Å². The van der Waals surface area contributed by atoms with Crippen molar-refractivity contribution in [1.29, 1.82) is 0 Å². The van der Waals surface area contributed by atoms with Crippen molar-refractivity contribution < 1.29 is 14.3 Å². The maximum absolute atomic E-state index is 12.1. The number of hydrogen-bond acceptors (Lipinski definition) is 4. The SMILES string of the molecule is CCNCC(=O)Nc1cccc(C(=O)NCC2CCCO2)c1. The fourth-order valence-corrected chi connectivity index (χ4v) is 2.30. The van der Waals surface area contributed by atoms with E-state index < -0.39 is 0 Å². The molecule has 0 saturated carbocycles.